The van der Waals surface area contributed by atoms with Crippen LogP contribution in [-0.2, 0) is 47.7 Å². The Morgan fingerprint density at radius 1 is 0.930 bits per heavy atom. The molecule has 6 unspecified atom stereocenters. The van der Waals surface area contributed by atoms with Gasteiger partial charge in [0.1, 0.15) is 12.2 Å². The van der Waals surface area contributed by atoms with Crippen molar-refractivity contribution in [1.29, 1.82) is 0 Å². The Bertz CT molecular complexity index is 1850. The number of phenols is 1. The van der Waals surface area contributed by atoms with Crippen LogP contribution in [0.2, 0.25) is 0 Å². The lowest BCUT2D eigenvalue weighted by Crippen LogP contribution is -2.50. The van der Waals surface area contributed by atoms with Crippen molar-refractivity contribution in [1.82, 2.24) is 5.32 Å². The second-order valence-corrected chi connectivity index (χ2v) is 14.0. The number of benzene rings is 2. The van der Waals surface area contributed by atoms with Gasteiger partial charge < -0.3 is 34.7 Å². The third-order valence-electron chi connectivity index (χ3n) is 9.26. The van der Waals surface area contributed by atoms with Crippen molar-refractivity contribution in [3.63, 3.8) is 0 Å². The number of cyclic esters (lactones) is 2. The number of phenolic OH excluding ortho intramolecular Hbond substituents is 1. The maximum atomic E-state index is 13.3. The van der Waals surface area contributed by atoms with Crippen molar-refractivity contribution in [3.8, 4) is 5.75 Å². The Balaban J connectivity index is 0.000000380. The second-order valence-electron chi connectivity index (χ2n) is 14.0. The van der Waals surface area contributed by atoms with Crippen LogP contribution in [0.5, 0.6) is 5.75 Å². The van der Waals surface area contributed by atoms with Gasteiger partial charge in [0.25, 0.3) is 5.91 Å². The van der Waals surface area contributed by atoms with E-state index in [2.05, 4.69) is 17.2 Å². The van der Waals surface area contributed by atoms with Crippen LogP contribution in [0.4, 0.5) is 5.69 Å². The molecule has 2 aromatic rings. The second kappa shape index (κ2) is 21.9. The van der Waals surface area contributed by atoms with E-state index in [0.717, 1.165) is 18.4 Å². The highest BCUT2D eigenvalue weighted by molar-refractivity contribution is 6.19. The fraction of sp³-hybridized carbons (Fsp3) is 0.419. The van der Waals surface area contributed by atoms with Gasteiger partial charge in [-0.05, 0) is 50.0 Å². The van der Waals surface area contributed by atoms with Crippen LogP contribution >= 0.6 is 0 Å². The van der Waals surface area contributed by atoms with Crippen molar-refractivity contribution in [3.05, 3.63) is 95.8 Å². The van der Waals surface area contributed by atoms with Gasteiger partial charge in [0, 0.05) is 24.0 Å². The third kappa shape index (κ3) is 12.5. The van der Waals surface area contributed by atoms with E-state index in [1.54, 1.807) is 6.08 Å². The topological polar surface area (TPSA) is 201 Å². The number of hydrogen-bond acceptors (Lipinski definition) is 12. The molecule has 3 N–H and O–H groups in total. The van der Waals surface area contributed by atoms with Crippen LogP contribution in [0.15, 0.2) is 84.7 Å². The molecule has 1 saturated heterocycles. The number of methoxy groups -OCH3 is 1. The number of unbranched alkanes of at least 4 members (excludes halogenated alkanes) is 2. The van der Waals surface area contributed by atoms with Crippen molar-refractivity contribution in [2.75, 3.05) is 12.4 Å². The first kappa shape index (κ1) is 45.3. The maximum Gasteiger partial charge on any atom is 0.332 e. The summed E-state index contributed by atoms with van der Waals surface area (Å²) in [5.41, 5.74) is 1.14. The number of amides is 2. The third-order valence-corrected chi connectivity index (χ3v) is 9.26. The van der Waals surface area contributed by atoms with E-state index in [4.69, 9.17) is 18.9 Å². The largest absolute Gasteiger partial charge is 0.505 e. The fourth-order valence-corrected chi connectivity index (χ4v) is 6.29. The van der Waals surface area contributed by atoms with Crippen molar-refractivity contribution in [2.45, 2.75) is 97.0 Å². The number of hydrogen-bond donors (Lipinski definition) is 3. The van der Waals surface area contributed by atoms with E-state index in [0.29, 0.717) is 24.8 Å². The first-order valence-corrected chi connectivity index (χ1v) is 18.8. The minimum Gasteiger partial charge on any atom is -0.505 e. The van der Waals surface area contributed by atoms with Gasteiger partial charge in [0.05, 0.1) is 24.3 Å². The normalized spacial score (nSPS) is 21.4. The summed E-state index contributed by atoms with van der Waals surface area (Å²) in [7, 11) is 1.37. The van der Waals surface area contributed by atoms with Crippen LogP contribution in [-0.4, -0.2) is 78.4 Å². The van der Waals surface area contributed by atoms with Crippen LogP contribution in [0, 0.1) is 11.8 Å². The van der Waals surface area contributed by atoms with Crippen molar-refractivity contribution < 1.29 is 57.6 Å². The molecule has 0 saturated carbocycles. The van der Waals surface area contributed by atoms with Gasteiger partial charge in [-0.25, -0.2) is 4.79 Å². The van der Waals surface area contributed by atoms with E-state index in [9.17, 15) is 38.7 Å². The Kier molecular flexibility index (Phi) is 17.4. The molecule has 0 spiro atoms. The number of allylic oxidation sites excluding steroid dienone is 4. The zero-order valence-electron chi connectivity index (χ0n) is 33.2. The summed E-state index contributed by atoms with van der Waals surface area (Å²) in [4.78, 5) is 86.5. The lowest BCUT2D eigenvalue weighted by atomic mass is 9.85. The quantitative estimate of drug-likeness (QED) is 0.0381. The summed E-state index contributed by atoms with van der Waals surface area (Å²) < 4.78 is 21.7. The summed E-state index contributed by atoms with van der Waals surface area (Å²) in [5, 5.41) is 15.1. The monoisotopic (exact) mass is 788 g/mol. The molecule has 1 fully saturated rings. The molecule has 4 rings (SSSR count). The highest BCUT2D eigenvalue weighted by atomic mass is 16.6. The minimum absolute atomic E-state index is 0.00114. The first-order chi connectivity index (χ1) is 27.2. The smallest absolute Gasteiger partial charge is 0.332 e. The Morgan fingerprint density at radius 3 is 2.23 bits per heavy atom. The van der Waals surface area contributed by atoms with E-state index in [1.807, 2.05) is 51.1 Å². The zero-order chi connectivity index (χ0) is 42.2. The number of anilines is 1. The number of carbonyl (C=O) groups excluding carboxylic acids is 7. The molecule has 14 nitrogen and oxygen atoms in total. The molecule has 6 atom stereocenters. The maximum absolute atomic E-state index is 13.3. The molecular weight excluding hydrogens is 736 g/mol. The van der Waals surface area contributed by atoms with Gasteiger partial charge in [-0.3, -0.25) is 28.8 Å². The van der Waals surface area contributed by atoms with Crippen LogP contribution < -0.4 is 10.6 Å². The molecular formula is C43H52N2O12. The Hall–Kier alpha value is -6.05. The number of aromatic hydroxyl groups is 1. The van der Waals surface area contributed by atoms with E-state index in [1.165, 1.54) is 51.3 Å². The van der Waals surface area contributed by atoms with Crippen molar-refractivity contribution >= 4 is 47.5 Å². The highest BCUT2D eigenvalue weighted by Crippen LogP contribution is 2.31. The molecule has 0 bridgehead atoms. The van der Waals surface area contributed by atoms with E-state index in [-0.39, 0.29) is 46.8 Å². The van der Waals surface area contributed by atoms with Gasteiger partial charge in [0.15, 0.2) is 29.4 Å². The van der Waals surface area contributed by atoms with E-state index < -0.39 is 59.8 Å². The molecule has 0 aromatic heterocycles. The lowest BCUT2D eigenvalue weighted by molar-refractivity contribution is -0.175. The Morgan fingerprint density at radius 2 is 1.61 bits per heavy atom. The SMILES string of the molecule is C=CC(C1=CC(=O)C(OC)=CC1=O)c1ccccc1.CCCCCC1C(=O)OC(C)C(NC(=O)c2cccc(NC=O)c2O)C(=O)OC(C)C1OC(=O)CC(C)C. The summed E-state index contributed by atoms with van der Waals surface area (Å²) >= 11 is 0. The number of nitrogens with one attached hydrogen (secondary N) is 2. The van der Waals surface area contributed by atoms with Gasteiger partial charge in [0.2, 0.25) is 12.2 Å². The summed E-state index contributed by atoms with van der Waals surface area (Å²) in [6.45, 7) is 12.5. The number of esters is 3. The summed E-state index contributed by atoms with van der Waals surface area (Å²) in [6.07, 6.45) is 4.30. The molecule has 306 valence electrons. The Labute approximate surface area is 332 Å². The number of rotatable bonds is 15. The van der Waals surface area contributed by atoms with Crippen LogP contribution in [0.25, 0.3) is 0 Å². The number of ketones is 2. The summed E-state index contributed by atoms with van der Waals surface area (Å²) in [5.74, 6) is -4.99. The molecule has 1 aliphatic carbocycles. The average molecular weight is 789 g/mol. The van der Waals surface area contributed by atoms with Gasteiger partial charge in [-0.1, -0.05) is 82.5 Å². The first-order valence-electron chi connectivity index (χ1n) is 18.8. The molecule has 2 aromatic carbocycles. The molecule has 2 aliphatic rings. The minimum atomic E-state index is -1.42. The summed E-state index contributed by atoms with van der Waals surface area (Å²) in [6, 6.07) is 12.2. The van der Waals surface area contributed by atoms with Gasteiger partial charge >= 0.3 is 17.9 Å². The standard InChI is InChI=1S/C27H38N2O9.C16H14O3/c1-6-7-8-10-19-24(38-21(31)13-15(2)3)17(5)37-27(35)22(16(4)36-26(19)34)29-25(33)18-11-9-12-20(23(18)32)28-14-30;1-3-12(11-7-5-4-6-8-11)13-9-15(18)16(19-2)10-14(13)17/h9,11-12,14-17,19,22,24,32H,6-8,10,13H2,1-5H3,(H,28,30)(H,29,33);3-10,12H,1H2,2H3. The number of carbonyl (C=O) groups is 7. The van der Waals surface area contributed by atoms with Gasteiger partial charge in [-0.15, -0.1) is 6.58 Å². The number of para-hydroxylation sites is 1. The molecule has 2 amide bonds. The number of ether oxygens (including phenoxy) is 4. The van der Waals surface area contributed by atoms with Crippen LogP contribution in [0.3, 0.4) is 0 Å². The van der Waals surface area contributed by atoms with E-state index >= 15 is 0 Å². The van der Waals surface area contributed by atoms with Crippen molar-refractivity contribution in [2.24, 2.45) is 11.8 Å². The fourth-order valence-electron chi connectivity index (χ4n) is 6.29. The molecule has 14 heteroatoms. The molecule has 1 aliphatic heterocycles. The highest BCUT2D eigenvalue weighted by Gasteiger charge is 2.44. The lowest BCUT2D eigenvalue weighted by Gasteiger charge is -2.29. The zero-order valence-corrected chi connectivity index (χ0v) is 33.2. The molecule has 1 heterocycles. The predicted octanol–water partition coefficient (Wildman–Crippen LogP) is 5.66. The average Bonchev–Trinajstić information content (AvgIpc) is 3.19. The molecule has 57 heavy (non-hydrogen) atoms. The van der Waals surface area contributed by atoms with Gasteiger partial charge in [-0.2, -0.15) is 0 Å². The van der Waals surface area contributed by atoms with Crippen LogP contribution in [0.1, 0.15) is 88.6 Å². The predicted molar refractivity (Wildman–Crippen MR) is 210 cm³/mol. The molecule has 0 radical (unpaired) electrons.